The van der Waals surface area contributed by atoms with Crippen LogP contribution in [0.3, 0.4) is 0 Å². The van der Waals surface area contributed by atoms with Crippen LogP contribution in [0.1, 0.15) is 11.1 Å². The Bertz CT molecular complexity index is 1100. The molecule has 0 aromatic heterocycles. The Hall–Kier alpha value is 0.960. The highest BCUT2D eigenvalue weighted by Crippen LogP contribution is 2.63. The lowest BCUT2D eigenvalue weighted by Gasteiger charge is -2.25. The van der Waals surface area contributed by atoms with Crippen molar-refractivity contribution < 1.29 is 12.4 Å². The van der Waals surface area contributed by atoms with Crippen LogP contribution in [0.25, 0.3) is 0 Å². The molecule has 12 heteroatoms. The molecule has 2 aromatic rings. The standard InChI is InChI=1S/C13H26N2P3.C7H8ClP.C6H18N2P2.ClH/c1-15(18(5,6)14-17(2,3)4)11-12-7-9-13(16)10-8-12;8-5-6-1-3-7(9)4-2-6;1-7-10(5,6)8-9(2,3)4;/h7-10H,11,16H2,1-6H3;1-4H,5,9H2;1-6H3;1H/q+1;;;/p-1. The quantitative estimate of drug-likeness (QED) is 0.281. The van der Waals surface area contributed by atoms with Crippen LogP contribution >= 0.6 is 59.0 Å². The van der Waals surface area contributed by atoms with Gasteiger partial charge in [0.2, 0.25) is 0 Å². The SMILES string of the molecule is CN(Cc1ccc(P)cc1)[P+](C)(C)N=P(C)(C)C.CN=P(C)(C)N=P(C)(C)C.Pc1ccc(CCl)cc1.[Cl-]. The Kier molecular flexibility index (Phi) is 20.0. The fourth-order valence-electron chi connectivity index (χ4n) is 3.09. The first-order chi connectivity index (χ1) is 16.7. The van der Waals surface area contributed by atoms with Gasteiger partial charge in [0.1, 0.15) is 0 Å². The molecule has 0 aliphatic rings. The summed E-state index contributed by atoms with van der Waals surface area (Å²) in [7, 11) is 4.80. The Balaban J connectivity index is 0. The van der Waals surface area contributed by atoms with Crippen molar-refractivity contribution in [1.82, 2.24) is 4.67 Å². The van der Waals surface area contributed by atoms with E-state index >= 15 is 0 Å². The van der Waals surface area contributed by atoms with Gasteiger partial charge in [0.25, 0.3) is 0 Å². The number of halogens is 2. The highest BCUT2D eigenvalue weighted by molar-refractivity contribution is 7.79. The van der Waals surface area contributed by atoms with Crippen LogP contribution < -0.4 is 23.0 Å². The minimum absolute atomic E-state index is 0. The Morgan fingerprint density at radius 2 is 1.16 bits per heavy atom. The molecule has 4 nitrogen and oxygen atoms in total. The Morgan fingerprint density at radius 3 is 1.45 bits per heavy atom. The van der Waals surface area contributed by atoms with Crippen molar-refractivity contribution in [3.05, 3.63) is 59.7 Å². The minimum atomic E-state index is -1.33. The number of benzene rings is 2. The molecule has 0 amide bonds. The number of alkyl halides is 1. The zero-order valence-corrected chi connectivity index (χ0v) is 32.9. The average Bonchev–Trinajstić information content (AvgIpc) is 2.73. The topological polar surface area (TPSA) is 40.3 Å². The lowest BCUT2D eigenvalue weighted by atomic mass is 10.2. The van der Waals surface area contributed by atoms with Crippen LogP contribution in [0.5, 0.6) is 0 Å². The van der Waals surface area contributed by atoms with Gasteiger partial charge in [-0.3, -0.25) is 9.26 Å². The van der Waals surface area contributed by atoms with Gasteiger partial charge in [-0.2, -0.15) is 4.67 Å². The van der Waals surface area contributed by atoms with E-state index in [2.05, 4.69) is 126 Å². The first kappa shape index (κ1) is 41.1. The van der Waals surface area contributed by atoms with Gasteiger partial charge in [0, 0.05) is 27.0 Å². The summed E-state index contributed by atoms with van der Waals surface area (Å²) in [5.41, 5.74) is 2.53. The van der Waals surface area contributed by atoms with Gasteiger partial charge < -0.3 is 12.4 Å². The summed E-state index contributed by atoms with van der Waals surface area (Å²) in [6.07, 6.45) is 0. The molecule has 0 radical (unpaired) electrons. The van der Waals surface area contributed by atoms with E-state index in [4.69, 9.17) is 20.6 Å². The maximum atomic E-state index is 5.57. The second-order valence-corrected chi connectivity index (χ2v) is 28.6. The van der Waals surface area contributed by atoms with Gasteiger partial charge in [0.15, 0.2) is 7.56 Å². The van der Waals surface area contributed by atoms with Gasteiger partial charge in [-0.05, 0) is 82.1 Å². The molecule has 2 rings (SSSR count). The second-order valence-electron chi connectivity index (χ2n) is 11.4. The molecule has 0 saturated carbocycles. The summed E-state index contributed by atoms with van der Waals surface area (Å²) in [6.45, 7) is 23.4. The third-order valence-corrected chi connectivity index (χ3v) is 16.5. The van der Waals surface area contributed by atoms with E-state index in [1.165, 1.54) is 21.7 Å². The fraction of sp³-hybridized carbons (Fsp3) is 0.538. The van der Waals surface area contributed by atoms with E-state index in [9.17, 15) is 0 Å². The summed E-state index contributed by atoms with van der Waals surface area (Å²) in [5.74, 6) is 0.602. The van der Waals surface area contributed by atoms with E-state index in [0.29, 0.717) is 5.88 Å². The molecule has 0 aliphatic heterocycles. The first-order valence-electron chi connectivity index (χ1n) is 12.1. The molecule has 38 heavy (non-hydrogen) atoms. The Labute approximate surface area is 252 Å². The predicted molar refractivity (Wildman–Crippen MR) is 193 cm³/mol. The van der Waals surface area contributed by atoms with Crippen molar-refractivity contribution in [3.63, 3.8) is 0 Å². The molecular weight excluding hydrogens is 625 g/mol. The Morgan fingerprint density at radius 1 is 0.763 bits per heavy atom. The molecule has 0 aliphatic carbocycles. The minimum Gasteiger partial charge on any atom is -1.00 e. The molecule has 0 saturated heterocycles. The van der Waals surface area contributed by atoms with Crippen molar-refractivity contribution in [3.8, 4) is 0 Å². The highest BCUT2D eigenvalue weighted by Gasteiger charge is 2.32. The summed E-state index contributed by atoms with van der Waals surface area (Å²) in [6, 6.07) is 16.8. The molecule has 0 heterocycles. The van der Waals surface area contributed by atoms with Crippen LogP contribution in [-0.4, -0.2) is 85.4 Å². The predicted octanol–water partition coefficient (Wildman–Crippen LogP) is 5.83. The molecule has 0 bridgehead atoms. The van der Waals surface area contributed by atoms with Gasteiger partial charge in [0.05, 0.1) is 27.1 Å². The smallest absolute Gasteiger partial charge is 0.194 e. The fourth-order valence-corrected chi connectivity index (χ4v) is 15.5. The summed E-state index contributed by atoms with van der Waals surface area (Å²) in [4.78, 5) is 0. The van der Waals surface area contributed by atoms with Crippen LogP contribution in [0.4, 0.5) is 0 Å². The van der Waals surface area contributed by atoms with Crippen molar-refractivity contribution >= 4 is 69.6 Å². The average molecular weight is 677 g/mol. The third-order valence-electron chi connectivity index (χ3n) is 4.82. The monoisotopic (exact) mass is 676 g/mol. The summed E-state index contributed by atoms with van der Waals surface area (Å²) in [5, 5.41) is 2.43. The van der Waals surface area contributed by atoms with E-state index in [1.54, 1.807) is 0 Å². The maximum Gasteiger partial charge on any atom is 0.194 e. The maximum absolute atomic E-state index is 5.57. The zero-order chi connectivity index (χ0) is 29.1. The van der Waals surface area contributed by atoms with Crippen LogP contribution in [0, 0.1) is 0 Å². The number of nitrogens with zero attached hydrogens (tertiary/aromatic N) is 4. The molecule has 0 fully saturated rings. The normalized spacial score (nSPS) is 11.8. The van der Waals surface area contributed by atoms with E-state index in [-0.39, 0.29) is 12.4 Å². The molecular formula is C26H52Cl2N4P6. The van der Waals surface area contributed by atoms with E-state index in [1.807, 2.05) is 31.3 Å². The number of hydrogen-bond donors (Lipinski definition) is 0. The van der Waals surface area contributed by atoms with Gasteiger partial charge >= 0.3 is 0 Å². The van der Waals surface area contributed by atoms with Crippen molar-refractivity contribution in [2.45, 2.75) is 12.4 Å². The summed E-state index contributed by atoms with van der Waals surface area (Å²) >= 11 is 5.57. The van der Waals surface area contributed by atoms with E-state index in [0.717, 1.165) is 6.54 Å². The number of rotatable bonds is 6. The van der Waals surface area contributed by atoms with Crippen LogP contribution in [0.15, 0.2) is 62.3 Å². The lowest BCUT2D eigenvalue weighted by Crippen LogP contribution is -3.00. The zero-order valence-electron chi connectivity index (χ0n) is 25.5. The van der Waals surface area contributed by atoms with Gasteiger partial charge in [-0.25, -0.2) is 0 Å². The van der Waals surface area contributed by atoms with Crippen LogP contribution in [-0.2, 0) is 12.4 Å². The third kappa shape index (κ3) is 20.8. The molecule has 220 valence electrons. The molecule has 2 aromatic carbocycles. The highest BCUT2D eigenvalue weighted by atomic mass is 35.5. The van der Waals surface area contributed by atoms with Gasteiger partial charge in [-0.15, -0.1) is 34.6 Å². The van der Waals surface area contributed by atoms with Crippen LogP contribution in [0.2, 0.25) is 0 Å². The van der Waals surface area contributed by atoms with Crippen molar-refractivity contribution in [2.24, 2.45) is 13.8 Å². The lowest BCUT2D eigenvalue weighted by molar-refractivity contribution is -0.00000873. The molecule has 0 spiro atoms. The largest absolute Gasteiger partial charge is 1.00 e. The number of hydrogen-bond acceptors (Lipinski definition) is 3. The van der Waals surface area contributed by atoms with Gasteiger partial charge in [-0.1, -0.05) is 48.5 Å². The van der Waals surface area contributed by atoms with E-state index < -0.39 is 28.9 Å². The molecule has 2 unspecified atom stereocenters. The summed E-state index contributed by atoms with van der Waals surface area (Å²) < 4.78 is 16.5. The van der Waals surface area contributed by atoms with Crippen molar-refractivity contribution in [1.29, 1.82) is 0 Å². The van der Waals surface area contributed by atoms with Crippen molar-refractivity contribution in [2.75, 3.05) is 80.7 Å². The molecule has 0 N–H and O–H groups in total. The second kappa shape index (κ2) is 18.5. The first-order valence-corrected chi connectivity index (χ1v) is 25.1. The molecule has 2 atom stereocenters.